The highest BCUT2D eigenvalue weighted by Crippen LogP contribution is 2.50. The van der Waals surface area contributed by atoms with E-state index >= 15 is 0 Å². The molecule has 0 spiro atoms. The zero-order chi connectivity index (χ0) is 11.8. The first-order valence-electron chi connectivity index (χ1n) is 6.17. The molecule has 0 aromatic rings. The van der Waals surface area contributed by atoms with E-state index in [0.29, 0.717) is 0 Å². The molecule has 0 amide bonds. The summed E-state index contributed by atoms with van der Waals surface area (Å²) in [6, 6.07) is 0. The zero-order valence-corrected chi connectivity index (χ0v) is 10.9. The van der Waals surface area contributed by atoms with Crippen molar-refractivity contribution in [2.45, 2.75) is 40.5 Å². The van der Waals surface area contributed by atoms with Crippen LogP contribution < -0.4 is 0 Å². The lowest BCUT2D eigenvalue weighted by molar-refractivity contribution is 0.183. The summed E-state index contributed by atoms with van der Waals surface area (Å²) < 4.78 is 0. The first-order chi connectivity index (χ1) is 7.45. The highest BCUT2D eigenvalue weighted by Gasteiger charge is 2.40. The Labute approximate surface area is 99.4 Å². The third-order valence-corrected chi connectivity index (χ3v) is 4.43. The van der Waals surface area contributed by atoms with Gasteiger partial charge in [0.05, 0.1) is 0 Å². The smallest absolute Gasteiger partial charge is 0.00173 e. The minimum absolute atomic E-state index is 0.264. The van der Waals surface area contributed by atoms with Crippen molar-refractivity contribution in [3.63, 3.8) is 0 Å². The van der Waals surface area contributed by atoms with Gasteiger partial charge in [0.2, 0.25) is 0 Å². The molecule has 0 aromatic carbocycles. The SMILES string of the molecule is CC1=CCC(C)(C2(C)C=CC(C)=CC2)C=C1. The molecule has 0 aliphatic heterocycles. The molecule has 0 aromatic heterocycles. The van der Waals surface area contributed by atoms with Gasteiger partial charge in [0.1, 0.15) is 0 Å². The Morgan fingerprint density at radius 3 is 1.44 bits per heavy atom. The topological polar surface area (TPSA) is 0 Å². The van der Waals surface area contributed by atoms with Crippen LogP contribution in [0.1, 0.15) is 40.5 Å². The maximum Gasteiger partial charge on any atom is -0.00173 e. The van der Waals surface area contributed by atoms with Crippen molar-refractivity contribution in [3.8, 4) is 0 Å². The Morgan fingerprint density at radius 2 is 1.19 bits per heavy atom. The molecule has 0 N–H and O–H groups in total. The Hall–Kier alpha value is -1.04. The monoisotopic (exact) mass is 214 g/mol. The predicted octanol–water partition coefficient (Wildman–Crippen LogP) is 4.81. The van der Waals surface area contributed by atoms with Crippen LogP contribution in [0.3, 0.4) is 0 Å². The van der Waals surface area contributed by atoms with Crippen molar-refractivity contribution < 1.29 is 0 Å². The summed E-state index contributed by atoms with van der Waals surface area (Å²) >= 11 is 0. The highest BCUT2D eigenvalue weighted by molar-refractivity contribution is 5.32. The third-order valence-electron chi connectivity index (χ3n) is 4.43. The van der Waals surface area contributed by atoms with Gasteiger partial charge in [0, 0.05) is 0 Å². The molecule has 2 atom stereocenters. The van der Waals surface area contributed by atoms with Gasteiger partial charge < -0.3 is 0 Å². The van der Waals surface area contributed by atoms with E-state index in [-0.39, 0.29) is 10.8 Å². The summed E-state index contributed by atoms with van der Waals surface area (Å²) in [6.07, 6.45) is 16.4. The van der Waals surface area contributed by atoms with Gasteiger partial charge in [-0.2, -0.15) is 0 Å². The summed E-state index contributed by atoms with van der Waals surface area (Å²) in [7, 11) is 0. The Kier molecular flexibility index (Phi) is 2.69. The second kappa shape index (κ2) is 3.76. The van der Waals surface area contributed by atoms with Gasteiger partial charge in [-0.15, -0.1) is 0 Å². The van der Waals surface area contributed by atoms with E-state index in [1.54, 1.807) is 0 Å². The lowest BCUT2D eigenvalue weighted by Gasteiger charge is -2.45. The van der Waals surface area contributed by atoms with Crippen LogP contribution in [0, 0.1) is 10.8 Å². The van der Waals surface area contributed by atoms with E-state index < -0.39 is 0 Å². The first-order valence-corrected chi connectivity index (χ1v) is 6.17. The van der Waals surface area contributed by atoms with Crippen LogP contribution in [0.5, 0.6) is 0 Å². The minimum Gasteiger partial charge on any atom is -0.0807 e. The minimum atomic E-state index is 0.264. The molecule has 0 heterocycles. The fourth-order valence-corrected chi connectivity index (χ4v) is 2.50. The van der Waals surface area contributed by atoms with Crippen molar-refractivity contribution in [3.05, 3.63) is 47.6 Å². The molecule has 86 valence electrons. The molecule has 2 unspecified atom stereocenters. The largest absolute Gasteiger partial charge is 0.0807 e. The van der Waals surface area contributed by atoms with E-state index in [0.717, 1.165) is 12.8 Å². The Morgan fingerprint density at radius 1 is 0.812 bits per heavy atom. The number of hydrogen-bond donors (Lipinski definition) is 0. The summed E-state index contributed by atoms with van der Waals surface area (Å²) in [5.41, 5.74) is 3.32. The average Bonchev–Trinajstić information content (AvgIpc) is 2.27. The number of hydrogen-bond acceptors (Lipinski definition) is 0. The maximum absolute atomic E-state index is 2.40. The van der Waals surface area contributed by atoms with E-state index in [1.165, 1.54) is 11.1 Å². The van der Waals surface area contributed by atoms with Gasteiger partial charge in [0.25, 0.3) is 0 Å². The van der Waals surface area contributed by atoms with E-state index in [1.807, 2.05) is 0 Å². The molecule has 0 heteroatoms. The first kappa shape index (κ1) is 11.4. The predicted molar refractivity (Wildman–Crippen MR) is 71.2 cm³/mol. The number of rotatable bonds is 1. The standard InChI is InChI=1S/C16H22/c1-13-5-9-15(3,10-6-13)16(4)11-7-14(2)8-12-16/h5-9,11H,10,12H2,1-4H3. The van der Waals surface area contributed by atoms with E-state index in [2.05, 4.69) is 64.2 Å². The van der Waals surface area contributed by atoms with Crippen LogP contribution in [0.4, 0.5) is 0 Å². The molecule has 0 saturated carbocycles. The molecule has 0 radical (unpaired) electrons. The second-order valence-electron chi connectivity index (χ2n) is 5.81. The molecule has 0 saturated heterocycles. The molecule has 2 aliphatic carbocycles. The maximum atomic E-state index is 2.40. The van der Waals surface area contributed by atoms with Crippen LogP contribution in [-0.4, -0.2) is 0 Å². The second-order valence-corrected chi connectivity index (χ2v) is 5.81. The molecule has 0 fully saturated rings. The van der Waals surface area contributed by atoms with Gasteiger partial charge in [-0.05, 0) is 37.5 Å². The molecular formula is C16H22. The Bertz CT molecular complexity index is 366. The van der Waals surface area contributed by atoms with Crippen LogP contribution >= 0.6 is 0 Å². The highest BCUT2D eigenvalue weighted by atomic mass is 14.4. The fraction of sp³-hybridized carbons (Fsp3) is 0.500. The van der Waals surface area contributed by atoms with E-state index in [9.17, 15) is 0 Å². The molecular weight excluding hydrogens is 192 g/mol. The van der Waals surface area contributed by atoms with Crippen molar-refractivity contribution in [2.75, 3.05) is 0 Å². The van der Waals surface area contributed by atoms with Crippen molar-refractivity contribution >= 4 is 0 Å². The van der Waals surface area contributed by atoms with Crippen LogP contribution in [0.25, 0.3) is 0 Å². The van der Waals surface area contributed by atoms with Gasteiger partial charge in [-0.3, -0.25) is 0 Å². The lowest BCUT2D eigenvalue weighted by atomic mass is 9.59. The normalized spacial score (nSPS) is 38.2. The molecule has 16 heavy (non-hydrogen) atoms. The summed E-state index contributed by atoms with van der Waals surface area (Å²) in [5, 5.41) is 0. The van der Waals surface area contributed by atoms with Crippen LogP contribution in [-0.2, 0) is 0 Å². The van der Waals surface area contributed by atoms with Crippen molar-refractivity contribution in [1.29, 1.82) is 0 Å². The lowest BCUT2D eigenvalue weighted by Crippen LogP contribution is -2.35. The van der Waals surface area contributed by atoms with Gasteiger partial charge in [-0.1, -0.05) is 61.4 Å². The Balaban J connectivity index is 2.26. The quantitative estimate of drug-likeness (QED) is 0.587. The van der Waals surface area contributed by atoms with Crippen LogP contribution in [0.2, 0.25) is 0 Å². The molecule has 0 nitrogen and oxygen atoms in total. The van der Waals surface area contributed by atoms with Gasteiger partial charge in [0.15, 0.2) is 0 Å². The molecule has 2 aliphatic rings. The van der Waals surface area contributed by atoms with Crippen molar-refractivity contribution in [1.82, 2.24) is 0 Å². The van der Waals surface area contributed by atoms with Crippen molar-refractivity contribution in [2.24, 2.45) is 10.8 Å². The van der Waals surface area contributed by atoms with Gasteiger partial charge in [-0.25, -0.2) is 0 Å². The number of allylic oxidation sites excluding steroid dienone is 8. The molecule has 0 bridgehead atoms. The zero-order valence-electron chi connectivity index (χ0n) is 10.9. The summed E-state index contributed by atoms with van der Waals surface area (Å²) in [6.45, 7) is 9.12. The summed E-state index contributed by atoms with van der Waals surface area (Å²) in [4.78, 5) is 0. The average molecular weight is 214 g/mol. The summed E-state index contributed by atoms with van der Waals surface area (Å²) in [5.74, 6) is 0. The van der Waals surface area contributed by atoms with Gasteiger partial charge >= 0.3 is 0 Å². The molecule has 2 rings (SSSR count). The van der Waals surface area contributed by atoms with E-state index in [4.69, 9.17) is 0 Å². The van der Waals surface area contributed by atoms with Crippen LogP contribution in [0.15, 0.2) is 47.6 Å². The fourth-order valence-electron chi connectivity index (χ4n) is 2.50. The third kappa shape index (κ3) is 1.81.